The van der Waals surface area contributed by atoms with Crippen molar-refractivity contribution in [2.75, 3.05) is 5.32 Å². The molecule has 0 bridgehead atoms. The minimum atomic E-state index is -0.471. The van der Waals surface area contributed by atoms with E-state index >= 15 is 0 Å². The molecule has 0 aliphatic rings. The highest BCUT2D eigenvalue weighted by atomic mass is 32.1. The highest BCUT2D eigenvalue weighted by molar-refractivity contribution is 7.12. The summed E-state index contributed by atoms with van der Waals surface area (Å²) in [6.45, 7) is 6.11. The van der Waals surface area contributed by atoms with E-state index in [9.17, 15) is 10.1 Å². The highest BCUT2D eigenvalue weighted by Gasteiger charge is 2.18. The molecular formula is C13H15N3O2S. The van der Waals surface area contributed by atoms with Crippen molar-refractivity contribution in [1.29, 1.82) is 0 Å². The molecule has 19 heavy (non-hydrogen) atoms. The van der Waals surface area contributed by atoms with Crippen molar-refractivity contribution in [1.82, 2.24) is 4.98 Å². The lowest BCUT2D eigenvalue weighted by Crippen LogP contribution is -2.09. The number of nitrogens with one attached hydrogen (secondary N) is 1. The first-order chi connectivity index (χ1) is 8.99. The van der Waals surface area contributed by atoms with Crippen LogP contribution in [0.3, 0.4) is 0 Å². The van der Waals surface area contributed by atoms with E-state index in [0.29, 0.717) is 5.69 Å². The van der Waals surface area contributed by atoms with E-state index in [1.54, 1.807) is 23.5 Å². The molecular weight excluding hydrogens is 262 g/mol. The monoisotopic (exact) mass is 277 g/mol. The van der Waals surface area contributed by atoms with Crippen molar-refractivity contribution in [3.8, 4) is 0 Å². The molecule has 1 unspecified atom stereocenters. The van der Waals surface area contributed by atoms with Crippen LogP contribution in [0.2, 0.25) is 0 Å². The van der Waals surface area contributed by atoms with Gasteiger partial charge < -0.3 is 15.4 Å². The number of anilines is 1. The summed E-state index contributed by atoms with van der Waals surface area (Å²) >= 11 is 1.73. The van der Waals surface area contributed by atoms with Gasteiger partial charge in [-0.15, -0.1) is 11.3 Å². The zero-order valence-electron chi connectivity index (χ0n) is 11.0. The van der Waals surface area contributed by atoms with Crippen LogP contribution in [0.1, 0.15) is 28.3 Å². The van der Waals surface area contributed by atoms with Gasteiger partial charge in [0.25, 0.3) is 0 Å². The second-order valence-corrected chi connectivity index (χ2v) is 5.83. The SMILES string of the molecule is Cc1cc(C(C)Nc2cccnc2[N+](=O)[O-])c(C)s1. The molecule has 0 saturated heterocycles. The molecule has 1 N–H and O–H groups in total. The van der Waals surface area contributed by atoms with Crippen molar-refractivity contribution < 1.29 is 4.92 Å². The van der Waals surface area contributed by atoms with Crippen molar-refractivity contribution in [2.45, 2.75) is 26.8 Å². The Bertz CT molecular complexity index is 610. The molecule has 2 rings (SSSR count). The van der Waals surface area contributed by atoms with Crippen molar-refractivity contribution in [2.24, 2.45) is 0 Å². The zero-order valence-corrected chi connectivity index (χ0v) is 11.8. The minimum Gasteiger partial charge on any atom is -0.372 e. The second kappa shape index (κ2) is 5.36. The number of hydrogen-bond acceptors (Lipinski definition) is 5. The predicted molar refractivity (Wildman–Crippen MR) is 76.7 cm³/mol. The van der Waals surface area contributed by atoms with Crippen molar-refractivity contribution >= 4 is 22.8 Å². The first-order valence-corrected chi connectivity index (χ1v) is 6.73. The van der Waals surface area contributed by atoms with Gasteiger partial charge in [-0.1, -0.05) is 0 Å². The van der Waals surface area contributed by atoms with Crippen LogP contribution in [0.4, 0.5) is 11.5 Å². The molecule has 0 fully saturated rings. The topological polar surface area (TPSA) is 68.1 Å². The van der Waals surface area contributed by atoms with Gasteiger partial charge >= 0.3 is 5.82 Å². The summed E-state index contributed by atoms with van der Waals surface area (Å²) in [5.74, 6) is -0.140. The third kappa shape index (κ3) is 2.90. The Balaban J connectivity index is 2.26. The van der Waals surface area contributed by atoms with E-state index in [4.69, 9.17) is 0 Å². The maximum absolute atomic E-state index is 10.9. The molecule has 0 spiro atoms. The van der Waals surface area contributed by atoms with Crippen LogP contribution in [0, 0.1) is 24.0 Å². The minimum absolute atomic E-state index is 0.00727. The van der Waals surface area contributed by atoms with Crippen LogP contribution in [-0.2, 0) is 0 Å². The fourth-order valence-electron chi connectivity index (χ4n) is 2.05. The molecule has 1 atom stereocenters. The Morgan fingerprint density at radius 1 is 1.47 bits per heavy atom. The molecule has 2 heterocycles. The third-order valence-electron chi connectivity index (χ3n) is 2.88. The molecule has 0 aliphatic carbocycles. The Hall–Kier alpha value is -1.95. The standard InChI is InChI=1S/C13H15N3O2S/c1-8-7-11(10(3)19-8)9(2)15-12-5-4-6-14-13(12)16(17)18/h4-7,9,15H,1-3H3. The lowest BCUT2D eigenvalue weighted by atomic mass is 10.1. The zero-order chi connectivity index (χ0) is 14.0. The average Bonchev–Trinajstić information content (AvgIpc) is 2.69. The fraction of sp³-hybridized carbons (Fsp3) is 0.308. The van der Waals surface area contributed by atoms with Gasteiger partial charge in [-0.3, -0.25) is 0 Å². The summed E-state index contributed by atoms with van der Waals surface area (Å²) in [6, 6.07) is 5.48. The van der Waals surface area contributed by atoms with Gasteiger partial charge in [0, 0.05) is 15.8 Å². The summed E-state index contributed by atoms with van der Waals surface area (Å²) < 4.78 is 0. The smallest absolute Gasteiger partial charge is 0.372 e. The van der Waals surface area contributed by atoms with Crippen molar-refractivity contribution in [3.05, 3.63) is 49.8 Å². The molecule has 6 heteroatoms. The number of aryl methyl sites for hydroxylation is 2. The average molecular weight is 277 g/mol. The van der Waals surface area contributed by atoms with Crippen molar-refractivity contribution in [3.63, 3.8) is 0 Å². The number of hydrogen-bond donors (Lipinski definition) is 1. The first-order valence-electron chi connectivity index (χ1n) is 5.92. The number of thiophene rings is 1. The maximum atomic E-state index is 10.9. The molecule has 2 aromatic heterocycles. The van der Waals surface area contributed by atoms with Crippen LogP contribution in [-0.4, -0.2) is 9.91 Å². The molecule has 0 radical (unpaired) electrons. The van der Waals surface area contributed by atoms with Crippen LogP contribution in [0.5, 0.6) is 0 Å². The van der Waals surface area contributed by atoms with Crippen LogP contribution < -0.4 is 5.32 Å². The number of aromatic nitrogens is 1. The number of pyridine rings is 1. The summed E-state index contributed by atoms with van der Waals surface area (Å²) in [5, 5.41) is 14.1. The Kier molecular flexibility index (Phi) is 3.80. The van der Waals surface area contributed by atoms with E-state index in [1.807, 2.05) is 6.92 Å². The first kappa shape index (κ1) is 13.5. The van der Waals surface area contributed by atoms with Crippen LogP contribution in [0.25, 0.3) is 0 Å². The van der Waals surface area contributed by atoms with E-state index < -0.39 is 4.92 Å². The molecule has 2 aromatic rings. The number of rotatable bonds is 4. The molecule has 0 amide bonds. The van der Waals surface area contributed by atoms with Crippen LogP contribution in [0.15, 0.2) is 24.4 Å². The van der Waals surface area contributed by atoms with Gasteiger partial charge in [-0.2, -0.15) is 0 Å². The molecule has 100 valence electrons. The maximum Gasteiger partial charge on any atom is 0.386 e. The van der Waals surface area contributed by atoms with Gasteiger partial charge in [-0.25, -0.2) is 0 Å². The summed E-state index contributed by atoms with van der Waals surface area (Å²) in [6.07, 6.45) is 1.42. The van der Waals surface area contributed by atoms with E-state index in [2.05, 4.69) is 30.2 Å². The van der Waals surface area contributed by atoms with Gasteiger partial charge in [0.15, 0.2) is 0 Å². The molecule has 0 saturated carbocycles. The summed E-state index contributed by atoms with van der Waals surface area (Å²) in [4.78, 5) is 16.7. The lowest BCUT2D eigenvalue weighted by Gasteiger charge is -2.14. The van der Waals surface area contributed by atoms with E-state index in [-0.39, 0.29) is 11.9 Å². The number of nitrogens with zero attached hydrogens (tertiary/aromatic N) is 2. The van der Waals surface area contributed by atoms with E-state index in [0.717, 1.165) is 0 Å². The number of nitro groups is 1. The van der Waals surface area contributed by atoms with E-state index in [1.165, 1.54) is 21.5 Å². The van der Waals surface area contributed by atoms with Gasteiger partial charge in [0.1, 0.15) is 11.9 Å². The van der Waals surface area contributed by atoms with Crippen LogP contribution >= 0.6 is 11.3 Å². The Morgan fingerprint density at radius 2 is 2.21 bits per heavy atom. The molecule has 0 aliphatic heterocycles. The Labute approximate surface area is 115 Å². The molecule has 5 nitrogen and oxygen atoms in total. The largest absolute Gasteiger partial charge is 0.386 e. The summed E-state index contributed by atoms with van der Waals surface area (Å²) in [5.41, 5.74) is 1.61. The predicted octanol–water partition coefficient (Wildman–Crippen LogP) is 3.84. The fourth-order valence-corrected chi connectivity index (χ4v) is 3.07. The quantitative estimate of drug-likeness (QED) is 0.681. The second-order valence-electron chi connectivity index (χ2n) is 4.37. The third-order valence-corrected chi connectivity index (χ3v) is 3.86. The summed E-state index contributed by atoms with van der Waals surface area (Å²) in [7, 11) is 0. The van der Waals surface area contributed by atoms with Gasteiger partial charge in [-0.05, 0) is 54.4 Å². The normalized spacial score (nSPS) is 12.2. The lowest BCUT2D eigenvalue weighted by molar-refractivity contribution is -0.388. The van der Waals surface area contributed by atoms with Gasteiger partial charge in [0.05, 0.1) is 0 Å². The molecule has 0 aromatic carbocycles. The van der Waals surface area contributed by atoms with Gasteiger partial charge in [0.2, 0.25) is 0 Å². The highest BCUT2D eigenvalue weighted by Crippen LogP contribution is 2.30. The Morgan fingerprint density at radius 3 is 2.79 bits per heavy atom.